The summed E-state index contributed by atoms with van der Waals surface area (Å²) >= 11 is 0. The van der Waals surface area contributed by atoms with Crippen molar-refractivity contribution in [3.8, 4) is 0 Å². The molecule has 0 saturated heterocycles. The van der Waals surface area contributed by atoms with E-state index in [0.29, 0.717) is 5.41 Å². The highest BCUT2D eigenvalue weighted by atomic mass is 14.7. The third-order valence-corrected chi connectivity index (χ3v) is 5.08. The molecular formula is C11H18. The van der Waals surface area contributed by atoms with Crippen LogP contribution in [0.15, 0.2) is 0 Å². The Morgan fingerprint density at radius 3 is 2.09 bits per heavy atom. The van der Waals surface area contributed by atoms with Gasteiger partial charge in [-0.05, 0) is 54.8 Å². The van der Waals surface area contributed by atoms with Crippen molar-refractivity contribution in [1.82, 2.24) is 0 Å². The lowest BCUT2D eigenvalue weighted by Gasteiger charge is -2.58. The Labute approximate surface area is 69.4 Å². The molecule has 0 aromatic rings. The van der Waals surface area contributed by atoms with Gasteiger partial charge in [0.2, 0.25) is 0 Å². The molecule has 0 aromatic carbocycles. The third kappa shape index (κ3) is 0.522. The van der Waals surface area contributed by atoms with E-state index in [-0.39, 0.29) is 0 Å². The van der Waals surface area contributed by atoms with Gasteiger partial charge in [-0.1, -0.05) is 13.8 Å². The largest absolute Gasteiger partial charge is 0.0596 e. The Morgan fingerprint density at radius 1 is 1.09 bits per heavy atom. The van der Waals surface area contributed by atoms with Crippen LogP contribution in [0.4, 0.5) is 0 Å². The lowest BCUT2D eigenvalue weighted by Crippen LogP contribution is -2.49. The van der Waals surface area contributed by atoms with Crippen LogP contribution in [0.2, 0.25) is 0 Å². The topological polar surface area (TPSA) is 0 Å². The fourth-order valence-electron chi connectivity index (χ4n) is 4.42. The van der Waals surface area contributed by atoms with E-state index in [0.717, 1.165) is 17.3 Å². The summed E-state index contributed by atoms with van der Waals surface area (Å²) in [6, 6.07) is 0. The van der Waals surface area contributed by atoms with Crippen molar-refractivity contribution in [3.05, 3.63) is 0 Å². The molecule has 3 atom stereocenters. The van der Waals surface area contributed by atoms with Crippen LogP contribution in [0.5, 0.6) is 0 Å². The minimum Gasteiger partial charge on any atom is -0.0596 e. The molecule has 3 aliphatic carbocycles. The van der Waals surface area contributed by atoms with Crippen LogP contribution < -0.4 is 0 Å². The van der Waals surface area contributed by atoms with Crippen molar-refractivity contribution < 1.29 is 0 Å². The second-order valence-corrected chi connectivity index (χ2v) is 5.75. The van der Waals surface area contributed by atoms with Crippen molar-refractivity contribution >= 4 is 0 Å². The summed E-state index contributed by atoms with van der Waals surface area (Å²) in [5, 5.41) is 0. The van der Waals surface area contributed by atoms with Gasteiger partial charge in [-0.2, -0.15) is 0 Å². The van der Waals surface area contributed by atoms with E-state index in [2.05, 4.69) is 13.8 Å². The molecule has 0 radical (unpaired) electrons. The average Bonchev–Trinajstić information content (AvgIpc) is 1.83. The monoisotopic (exact) mass is 150 g/mol. The van der Waals surface area contributed by atoms with Crippen LogP contribution in [0.3, 0.4) is 0 Å². The van der Waals surface area contributed by atoms with E-state index >= 15 is 0 Å². The number of rotatable bonds is 0. The van der Waals surface area contributed by atoms with Crippen molar-refractivity contribution in [3.63, 3.8) is 0 Å². The highest BCUT2D eigenvalue weighted by Crippen LogP contribution is 2.75. The fraction of sp³-hybridized carbons (Fsp3) is 1.00. The molecule has 0 N–H and O–H groups in total. The van der Waals surface area contributed by atoms with Crippen LogP contribution in [0.25, 0.3) is 0 Å². The molecule has 0 aliphatic heterocycles. The summed E-state index contributed by atoms with van der Waals surface area (Å²) in [4.78, 5) is 0. The first kappa shape index (κ1) is 6.51. The summed E-state index contributed by atoms with van der Waals surface area (Å²) in [7, 11) is 0. The quantitative estimate of drug-likeness (QED) is 0.497. The molecule has 0 heterocycles. The second kappa shape index (κ2) is 1.53. The Morgan fingerprint density at radius 2 is 1.82 bits per heavy atom. The van der Waals surface area contributed by atoms with Gasteiger partial charge in [0.05, 0.1) is 0 Å². The van der Waals surface area contributed by atoms with E-state index < -0.39 is 0 Å². The van der Waals surface area contributed by atoms with Gasteiger partial charge in [-0.15, -0.1) is 0 Å². The average molecular weight is 150 g/mol. The van der Waals surface area contributed by atoms with Gasteiger partial charge in [-0.25, -0.2) is 0 Å². The highest BCUT2D eigenvalue weighted by molar-refractivity contribution is 5.16. The minimum absolute atomic E-state index is 0.708. The first-order chi connectivity index (χ1) is 5.15. The lowest BCUT2D eigenvalue weighted by atomic mass is 9.47. The van der Waals surface area contributed by atoms with Gasteiger partial charge in [0.15, 0.2) is 0 Å². The zero-order valence-corrected chi connectivity index (χ0v) is 7.69. The first-order valence-corrected chi connectivity index (χ1v) is 5.15. The van der Waals surface area contributed by atoms with Crippen molar-refractivity contribution in [2.75, 3.05) is 0 Å². The van der Waals surface area contributed by atoms with Gasteiger partial charge >= 0.3 is 0 Å². The molecule has 3 aliphatic rings. The molecule has 3 saturated carbocycles. The van der Waals surface area contributed by atoms with Crippen LogP contribution in [0, 0.1) is 22.7 Å². The molecule has 3 fully saturated rings. The SMILES string of the molecule is CC1(C)CC2CCC23CCC13. The smallest absolute Gasteiger partial charge is 0.0235 e. The molecule has 62 valence electrons. The normalized spacial score (nSPS) is 57.3. The molecule has 11 heavy (non-hydrogen) atoms. The third-order valence-electron chi connectivity index (χ3n) is 5.08. The Kier molecular flexibility index (Phi) is 0.906. The maximum absolute atomic E-state index is 2.50. The van der Waals surface area contributed by atoms with E-state index in [1.165, 1.54) is 6.42 Å². The second-order valence-electron chi connectivity index (χ2n) is 5.75. The maximum Gasteiger partial charge on any atom is -0.0235 e. The zero-order valence-electron chi connectivity index (χ0n) is 7.69. The van der Waals surface area contributed by atoms with Crippen LogP contribution in [-0.4, -0.2) is 0 Å². The van der Waals surface area contributed by atoms with Gasteiger partial charge < -0.3 is 0 Å². The summed E-state index contributed by atoms with van der Waals surface area (Å²) in [5.74, 6) is 2.27. The molecule has 0 aromatic heterocycles. The number of hydrogen-bond acceptors (Lipinski definition) is 0. The van der Waals surface area contributed by atoms with Gasteiger partial charge in [-0.3, -0.25) is 0 Å². The lowest BCUT2D eigenvalue weighted by molar-refractivity contribution is -0.0826. The summed E-state index contributed by atoms with van der Waals surface area (Å²) < 4.78 is 0. The predicted octanol–water partition coefficient (Wildman–Crippen LogP) is 3.22. The Bertz CT molecular complexity index is 200. The molecule has 0 heteroatoms. The Hall–Kier alpha value is 0. The van der Waals surface area contributed by atoms with E-state index in [4.69, 9.17) is 0 Å². The van der Waals surface area contributed by atoms with Gasteiger partial charge in [0, 0.05) is 0 Å². The summed E-state index contributed by atoms with van der Waals surface area (Å²) in [5.41, 5.74) is 1.61. The van der Waals surface area contributed by atoms with Crippen molar-refractivity contribution in [2.24, 2.45) is 22.7 Å². The number of hydrogen-bond donors (Lipinski definition) is 0. The van der Waals surface area contributed by atoms with E-state index in [1.807, 2.05) is 0 Å². The van der Waals surface area contributed by atoms with Crippen LogP contribution in [0.1, 0.15) is 46.0 Å². The van der Waals surface area contributed by atoms with Crippen molar-refractivity contribution in [1.29, 1.82) is 0 Å². The van der Waals surface area contributed by atoms with Gasteiger partial charge in [0.1, 0.15) is 0 Å². The molecular weight excluding hydrogens is 132 g/mol. The maximum atomic E-state index is 2.50. The molecule has 0 nitrogen and oxygen atoms in total. The minimum atomic E-state index is 0.708. The molecule has 0 amide bonds. The first-order valence-electron chi connectivity index (χ1n) is 5.15. The fourth-order valence-corrected chi connectivity index (χ4v) is 4.42. The van der Waals surface area contributed by atoms with E-state index in [9.17, 15) is 0 Å². The van der Waals surface area contributed by atoms with Crippen LogP contribution >= 0.6 is 0 Å². The van der Waals surface area contributed by atoms with Crippen LogP contribution in [-0.2, 0) is 0 Å². The molecule has 3 unspecified atom stereocenters. The zero-order chi connectivity index (χ0) is 7.69. The molecule has 0 bridgehead atoms. The summed E-state index contributed by atoms with van der Waals surface area (Å²) in [6.45, 7) is 4.99. The standard InChI is InChI=1S/C11H18/c1-10(2)7-8-3-5-11(8)6-4-9(10)11/h8-9H,3-7H2,1-2H3. The van der Waals surface area contributed by atoms with E-state index in [1.54, 1.807) is 25.7 Å². The predicted molar refractivity (Wildman–Crippen MR) is 46.3 cm³/mol. The highest BCUT2D eigenvalue weighted by Gasteiger charge is 2.66. The Balaban J connectivity index is 1.99. The molecule has 3 rings (SSSR count). The van der Waals surface area contributed by atoms with Gasteiger partial charge in [0.25, 0.3) is 0 Å². The molecule has 1 spiro atoms. The summed E-state index contributed by atoms with van der Waals surface area (Å²) in [6.07, 6.45) is 7.79. The van der Waals surface area contributed by atoms with Crippen molar-refractivity contribution in [2.45, 2.75) is 46.0 Å².